The van der Waals surface area contributed by atoms with Crippen LogP contribution in [0.15, 0.2) is 30.8 Å². The summed E-state index contributed by atoms with van der Waals surface area (Å²) in [5, 5.41) is 1.09. The second-order valence-corrected chi connectivity index (χ2v) is 3.65. The minimum Gasteiger partial charge on any atom is -0.206 e. The highest BCUT2D eigenvalue weighted by atomic mass is 19.1. The zero-order valence-corrected chi connectivity index (χ0v) is 9.06. The third-order valence-electron chi connectivity index (χ3n) is 2.77. The largest absolute Gasteiger partial charge is 0.206 e. The second kappa shape index (κ2) is 4.05. The Hall–Kier alpha value is -1.70. The van der Waals surface area contributed by atoms with Gasteiger partial charge in [0.2, 0.25) is 0 Å². The molecule has 0 saturated heterocycles. The minimum atomic E-state index is -0.555. The van der Waals surface area contributed by atoms with E-state index in [4.69, 9.17) is 0 Å². The summed E-state index contributed by atoms with van der Waals surface area (Å²) in [5.74, 6) is -1.07. The number of benzene rings is 2. The van der Waals surface area contributed by atoms with Gasteiger partial charge in [0.15, 0.2) is 0 Å². The zero-order valence-electron chi connectivity index (χ0n) is 9.06. The predicted molar refractivity (Wildman–Crippen MR) is 63.3 cm³/mol. The summed E-state index contributed by atoms with van der Waals surface area (Å²) in [4.78, 5) is 0. The Balaban J connectivity index is 3.00. The van der Waals surface area contributed by atoms with Crippen LogP contribution in [0.3, 0.4) is 0 Å². The van der Waals surface area contributed by atoms with Gasteiger partial charge in [-0.2, -0.15) is 0 Å². The highest BCUT2D eigenvalue weighted by Gasteiger charge is 2.12. The summed E-state index contributed by atoms with van der Waals surface area (Å²) in [5.41, 5.74) is 1.32. The van der Waals surface area contributed by atoms with Crippen LogP contribution in [-0.4, -0.2) is 0 Å². The van der Waals surface area contributed by atoms with Crippen molar-refractivity contribution < 1.29 is 8.78 Å². The molecular formula is C14H12F2. The molecule has 0 radical (unpaired) electrons. The average molecular weight is 218 g/mol. The van der Waals surface area contributed by atoms with Crippen LogP contribution in [0.4, 0.5) is 8.78 Å². The Morgan fingerprint density at radius 2 is 2.00 bits per heavy atom. The van der Waals surface area contributed by atoms with E-state index in [0.717, 1.165) is 18.1 Å². The molecule has 0 spiro atoms. The lowest BCUT2D eigenvalue weighted by molar-refractivity contribution is 0.590. The predicted octanol–water partition coefficient (Wildman–Crippen LogP) is 4.32. The van der Waals surface area contributed by atoms with Gasteiger partial charge < -0.3 is 0 Å². The van der Waals surface area contributed by atoms with Crippen molar-refractivity contribution in [1.82, 2.24) is 0 Å². The molecule has 0 bridgehead atoms. The SMILES string of the molecule is C=Cc1c(F)cc(F)c2cccc(CC)c12. The van der Waals surface area contributed by atoms with Crippen molar-refractivity contribution in [2.45, 2.75) is 13.3 Å². The molecule has 0 aliphatic heterocycles. The van der Waals surface area contributed by atoms with E-state index in [2.05, 4.69) is 6.58 Å². The van der Waals surface area contributed by atoms with Crippen molar-refractivity contribution in [3.63, 3.8) is 0 Å². The number of hydrogen-bond acceptors (Lipinski definition) is 0. The number of rotatable bonds is 2. The summed E-state index contributed by atoms with van der Waals surface area (Å²) in [6, 6.07) is 6.25. The van der Waals surface area contributed by atoms with Gasteiger partial charge in [-0.05, 0) is 17.4 Å². The topological polar surface area (TPSA) is 0 Å². The van der Waals surface area contributed by atoms with E-state index in [0.29, 0.717) is 16.3 Å². The Labute approximate surface area is 93.2 Å². The molecule has 0 nitrogen and oxygen atoms in total. The van der Waals surface area contributed by atoms with E-state index in [1.165, 1.54) is 6.08 Å². The van der Waals surface area contributed by atoms with Gasteiger partial charge in [-0.3, -0.25) is 0 Å². The van der Waals surface area contributed by atoms with Gasteiger partial charge in [0.25, 0.3) is 0 Å². The molecule has 0 atom stereocenters. The molecule has 2 heteroatoms. The maximum atomic E-state index is 13.6. The smallest absolute Gasteiger partial charge is 0.133 e. The molecule has 0 saturated carbocycles. The lowest BCUT2D eigenvalue weighted by atomic mass is 9.97. The molecule has 0 amide bonds. The summed E-state index contributed by atoms with van der Waals surface area (Å²) < 4.78 is 27.2. The molecule has 0 aliphatic rings. The standard InChI is InChI=1S/C14H12F2/c1-3-9-6-5-7-11-13(16)8-12(15)10(4-2)14(9)11/h4-8H,2-3H2,1H3. The van der Waals surface area contributed by atoms with Crippen LogP contribution < -0.4 is 0 Å². The normalized spacial score (nSPS) is 10.7. The lowest BCUT2D eigenvalue weighted by Crippen LogP contribution is -1.93. The molecule has 0 heterocycles. The summed E-state index contributed by atoms with van der Waals surface area (Å²) >= 11 is 0. The lowest BCUT2D eigenvalue weighted by Gasteiger charge is -2.09. The molecule has 0 unspecified atom stereocenters. The van der Waals surface area contributed by atoms with E-state index >= 15 is 0 Å². The van der Waals surface area contributed by atoms with E-state index < -0.39 is 11.6 Å². The van der Waals surface area contributed by atoms with Crippen LogP contribution in [0, 0.1) is 11.6 Å². The first-order valence-electron chi connectivity index (χ1n) is 5.21. The molecule has 0 fully saturated rings. The Morgan fingerprint density at radius 1 is 1.25 bits per heavy atom. The van der Waals surface area contributed by atoms with Crippen molar-refractivity contribution in [1.29, 1.82) is 0 Å². The van der Waals surface area contributed by atoms with Gasteiger partial charge in [0.05, 0.1) is 0 Å². The number of fused-ring (bicyclic) bond motifs is 1. The van der Waals surface area contributed by atoms with Crippen LogP contribution >= 0.6 is 0 Å². The van der Waals surface area contributed by atoms with E-state index in [-0.39, 0.29) is 0 Å². The molecule has 16 heavy (non-hydrogen) atoms. The van der Waals surface area contributed by atoms with Crippen LogP contribution in [0.5, 0.6) is 0 Å². The van der Waals surface area contributed by atoms with Gasteiger partial charge in [-0.1, -0.05) is 37.8 Å². The van der Waals surface area contributed by atoms with Crippen molar-refractivity contribution in [2.24, 2.45) is 0 Å². The third-order valence-corrected chi connectivity index (χ3v) is 2.77. The van der Waals surface area contributed by atoms with Gasteiger partial charge in [-0.15, -0.1) is 0 Å². The van der Waals surface area contributed by atoms with Crippen molar-refractivity contribution in [2.75, 3.05) is 0 Å². The van der Waals surface area contributed by atoms with Gasteiger partial charge >= 0.3 is 0 Å². The number of halogens is 2. The fourth-order valence-corrected chi connectivity index (χ4v) is 2.00. The van der Waals surface area contributed by atoms with Gasteiger partial charge in [0.1, 0.15) is 11.6 Å². The average Bonchev–Trinajstić information content (AvgIpc) is 2.29. The quantitative estimate of drug-likeness (QED) is 0.704. The number of hydrogen-bond donors (Lipinski definition) is 0. The molecule has 2 rings (SSSR count). The van der Waals surface area contributed by atoms with E-state index in [1.54, 1.807) is 12.1 Å². The first-order valence-corrected chi connectivity index (χ1v) is 5.21. The van der Waals surface area contributed by atoms with Crippen LogP contribution in [0.25, 0.3) is 16.8 Å². The van der Waals surface area contributed by atoms with E-state index in [9.17, 15) is 8.78 Å². The highest BCUT2D eigenvalue weighted by Crippen LogP contribution is 2.28. The fourth-order valence-electron chi connectivity index (χ4n) is 2.00. The third kappa shape index (κ3) is 1.51. The molecule has 2 aromatic carbocycles. The van der Waals surface area contributed by atoms with Gasteiger partial charge in [0, 0.05) is 17.0 Å². The molecule has 0 aromatic heterocycles. The summed E-state index contributed by atoms with van der Waals surface area (Å²) in [7, 11) is 0. The molecule has 0 aliphatic carbocycles. The maximum absolute atomic E-state index is 13.6. The van der Waals surface area contributed by atoms with E-state index in [1.807, 2.05) is 13.0 Å². The summed E-state index contributed by atoms with van der Waals surface area (Å²) in [6.07, 6.45) is 2.18. The Kier molecular flexibility index (Phi) is 2.73. The maximum Gasteiger partial charge on any atom is 0.133 e. The fraction of sp³-hybridized carbons (Fsp3) is 0.143. The van der Waals surface area contributed by atoms with Crippen molar-refractivity contribution in [3.05, 3.63) is 53.6 Å². The van der Waals surface area contributed by atoms with Gasteiger partial charge in [-0.25, -0.2) is 8.78 Å². The molecular weight excluding hydrogens is 206 g/mol. The first kappa shape index (κ1) is 10.8. The molecule has 2 aromatic rings. The molecule has 82 valence electrons. The Morgan fingerprint density at radius 3 is 2.62 bits per heavy atom. The summed E-state index contributed by atoms with van der Waals surface area (Å²) in [6.45, 7) is 5.55. The second-order valence-electron chi connectivity index (χ2n) is 3.65. The Bertz CT molecular complexity index is 556. The minimum absolute atomic E-state index is 0.383. The molecule has 0 N–H and O–H groups in total. The zero-order chi connectivity index (χ0) is 11.7. The van der Waals surface area contributed by atoms with Crippen LogP contribution in [0.1, 0.15) is 18.1 Å². The van der Waals surface area contributed by atoms with Crippen molar-refractivity contribution in [3.8, 4) is 0 Å². The first-order chi connectivity index (χ1) is 7.69. The van der Waals surface area contributed by atoms with Crippen molar-refractivity contribution >= 4 is 16.8 Å². The number of aryl methyl sites for hydroxylation is 1. The highest BCUT2D eigenvalue weighted by molar-refractivity contribution is 5.93. The van der Waals surface area contributed by atoms with Crippen LogP contribution in [-0.2, 0) is 6.42 Å². The van der Waals surface area contributed by atoms with Crippen LogP contribution in [0.2, 0.25) is 0 Å². The monoisotopic (exact) mass is 218 g/mol.